The smallest absolute Gasteiger partial charge is 0.187 e. The van der Waals surface area contributed by atoms with Gasteiger partial charge in [-0.25, -0.2) is 0 Å². The lowest BCUT2D eigenvalue weighted by Crippen LogP contribution is -2.44. The summed E-state index contributed by atoms with van der Waals surface area (Å²) in [7, 11) is 0. The van der Waals surface area contributed by atoms with Gasteiger partial charge in [0.2, 0.25) is 0 Å². The maximum Gasteiger partial charge on any atom is 0.187 e. The number of thiocarbonyl (C=S) groups is 1. The molecule has 1 aromatic carbocycles. The average Bonchev–Trinajstić information content (AvgIpc) is 2.61. The molecule has 130 valence electrons. The molecule has 3 rings (SSSR count). The molecule has 0 aromatic heterocycles. The van der Waals surface area contributed by atoms with Crippen LogP contribution in [0.25, 0.3) is 0 Å². The molecule has 6 heteroatoms. The Bertz CT molecular complexity index is 633. The van der Waals surface area contributed by atoms with Crippen LogP contribution in [-0.2, 0) is 0 Å². The minimum absolute atomic E-state index is 0.448. The van der Waals surface area contributed by atoms with Crippen LogP contribution in [-0.4, -0.2) is 30.1 Å². The van der Waals surface area contributed by atoms with Crippen molar-refractivity contribution in [2.75, 3.05) is 13.2 Å². The fourth-order valence-electron chi connectivity index (χ4n) is 3.20. The summed E-state index contributed by atoms with van der Waals surface area (Å²) < 4.78 is 11.2. The summed E-state index contributed by atoms with van der Waals surface area (Å²) in [6, 6.07) is 6.30. The first-order valence-corrected chi connectivity index (χ1v) is 9.05. The second-order valence-corrected chi connectivity index (χ2v) is 6.92. The molecule has 0 unspecified atom stereocenters. The van der Waals surface area contributed by atoms with Crippen molar-refractivity contribution in [2.24, 2.45) is 11.0 Å². The van der Waals surface area contributed by atoms with Gasteiger partial charge in [-0.3, -0.25) is 5.43 Å². The summed E-state index contributed by atoms with van der Waals surface area (Å²) in [5, 5.41) is 8.38. The zero-order valence-corrected chi connectivity index (χ0v) is 15.1. The fourth-order valence-corrected chi connectivity index (χ4v) is 3.40. The van der Waals surface area contributed by atoms with Gasteiger partial charge in [-0.05, 0) is 56.1 Å². The summed E-state index contributed by atoms with van der Waals surface area (Å²) in [4.78, 5) is 0. The molecular weight excluding hydrogens is 322 g/mol. The number of hydrogen-bond acceptors (Lipinski definition) is 4. The van der Waals surface area contributed by atoms with E-state index in [0.717, 1.165) is 22.8 Å². The molecular formula is C18H25N3O2S. The molecule has 1 aromatic rings. The maximum absolute atomic E-state index is 5.61. The molecule has 0 amide bonds. The van der Waals surface area contributed by atoms with Gasteiger partial charge >= 0.3 is 0 Å². The highest BCUT2D eigenvalue weighted by molar-refractivity contribution is 7.80. The molecule has 1 aliphatic carbocycles. The first-order valence-electron chi connectivity index (χ1n) is 8.64. The van der Waals surface area contributed by atoms with Crippen LogP contribution >= 0.6 is 12.2 Å². The highest BCUT2D eigenvalue weighted by Gasteiger charge is 2.21. The van der Waals surface area contributed by atoms with E-state index in [4.69, 9.17) is 21.7 Å². The molecule has 2 N–H and O–H groups in total. The summed E-state index contributed by atoms with van der Waals surface area (Å²) in [5.74, 6) is 2.21. The van der Waals surface area contributed by atoms with Crippen molar-refractivity contribution < 1.29 is 9.47 Å². The van der Waals surface area contributed by atoms with Crippen molar-refractivity contribution in [1.29, 1.82) is 0 Å². The molecule has 1 heterocycles. The Morgan fingerprint density at radius 1 is 1.17 bits per heavy atom. The van der Waals surface area contributed by atoms with Crippen LogP contribution in [0.2, 0.25) is 0 Å². The molecule has 2 aliphatic rings. The third kappa shape index (κ3) is 4.17. The Hall–Kier alpha value is -1.82. The first kappa shape index (κ1) is 17.0. The number of nitrogens with one attached hydrogen (secondary N) is 2. The van der Waals surface area contributed by atoms with Crippen molar-refractivity contribution in [3.8, 4) is 11.5 Å². The molecule has 1 aliphatic heterocycles. The van der Waals surface area contributed by atoms with E-state index >= 15 is 0 Å². The Balaban J connectivity index is 1.58. The number of rotatable bonds is 3. The molecule has 0 radical (unpaired) electrons. The average molecular weight is 347 g/mol. The first-order chi connectivity index (χ1) is 11.6. The number of fused-ring (bicyclic) bond motifs is 1. The van der Waals surface area contributed by atoms with Gasteiger partial charge in [0.25, 0.3) is 0 Å². The number of hydrazone groups is 1. The lowest BCUT2D eigenvalue weighted by molar-refractivity contribution is 0.171. The summed E-state index contributed by atoms with van der Waals surface area (Å²) in [6.07, 6.45) is 5.03. The molecule has 5 nitrogen and oxygen atoms in total. The Labute approximate surface area is 148 Å². The zero-order valence-electron chi connectivity index (χ0n) is 14.3. The third-order valence-corrected chi connectivity index (χ3v) is 4.92. The van der Waals surface area contributed by atoms with Crippen LogP contribution in [0.4, 0.5) is 0 Å². The van der Waals surface area contributed by atoms with E-state index in [0.29, 0.717) is 30.3 Å². The third-order valence-electron chi connectivity index (χ3n) is 4.71. The van der Waals surface area contributed by atoms with Gasteiger partial charge in [0.1, 0.15) is 13.2 Å². The van der Waals surface area contributed by atoms with Crippen LogP contribution in [0.15, 0.2) is 23.3 Å². The van der Waals surface area contributed by atoms with E-state index in [1.54, 1.807) is 0 Å². The topological polar surface area (TPSA) is 54.9 Å². The normalized spacial score (nSPS) is 23.5. The molecule has 1 saturated carbocycles. The van der Waals surface area contributed by atoms with Crippen molar-refractivity contribution in [3.05, 3.63) is 23.8 Å². The minimum Gasteiger partial charge on any atom is -0.486 e. The highest BCUT2D eigenvalue weighted by atomic mass is 32.1. The lowest BCUT2D eigenvalue weighted by atomic mass is 9.86. The van der Waals surface area contributed by atoms with Crippen LogP contribution in [0, 0.1) is 5.92 Å². The van der Waals surface area contributed by atoms with Crippen LogP contribution in [0.5, 0.6) is 11.5 Å². The van der Waals surface area contributed by atoms with E-state index in [-0.39, 0.29) is 0 Å². The van der Waals surface area contributed by atoms with Crippen LogP contribution in [0.1, 0.15) is 45.1 Å². The molecule has 1 fully saturated rings. The monoisotopic (exact) mass is 347 g/mol. The number of nitrogens with zero attached hydrogens (tertiary/aromatic N) is 1. The standard InChI is InChI=1S/C18H25N3O2S/c1-12-5-3-4-6-15(12)19-18(24)21-20-13(2)14-7-8-16-17(11-14)23-10-9-22-16/h7-8,11-12,15H,3-6,9-10H2,1-2H3,(H2,19,21,24)/b20-13-/t12-,15+/m0/s1. The second-order valence-electron chi connectivity index (χ2n) is 6.51. The summed E-state index contributed by atoms with van der Waals surface area (Å²) in [6.45, 7) is 5.41. The predicted molar refractivity (Wildman–Crippen MR) is 99.9 cm³/mol. The Morgan fingerprint density at radius 3 is 2.71 bits per heavy atom. The molecule has 0 spiro atoms. The fraction of sp³-hybridized carbons (Fsp3) is 0.556. The molecule has 2 atom stereocenters. The van der Waals surface area contributed by atoms with Crippen LogP contribution in [0.3, 0.4) is 0 Å². The van der Waals surface area contributed by atoms with Crippen molar-refractivity contribution in [1.82, 2.24) is 10.7 Å². The van der Waals surface area contributed by atoms with Gasteiger partial charge in [-0.15, -0.1) is 0 Å². The molecule has 0 bridgehead atoms. The quantitative estimate of drug-likeness (QED) is 0.499. The maximum atomic E-state index is 5.61. The number of ether oxygens (including phenoxy) is 2. The lowest BCUT2D eigenvalue weighted by Gasteiger charge is -2.30. The molecule has 24 heavy (non-hydrogen) atoms. The largest absolute Gasteiger partial charge is 0.486 e. The SMILES string of the molecule is C/C(=N/NC(=S)N[C@@H]1CCCC[C@@H]1C)c1ccc2c(c1)OCCO2. The van der Waals surface area contributed by atoms with E-state index in [1.807, 2.05) is 25.1 Å². The zero-order chi connectivity index (χ0) is 16.9. The van der Waals surface area contributed by atoms with Gasteiger partial charge in [0.15, 0.2) is 16.6 Å². The van der Waals surface area contributed by atoms with Crippen LogP contribution < -0.4 is 20.2 Å². The predicted octanol–water partition coefficient (Wildman–Crippen LogP) is 3.22. The summed E-state index contributed by atoms with van der Waals surface area (Å²) >= 11 is 5.38. The van der Waals surface area contributed by atoms with Crippen molar-refractivity contribution >= 4 is 23.0 Å². The summed E-state index contributed by atoms with van der Waals surface area (Å²) in [5.41, 5.74) is 4.81. The van der Waals surface area contributed by atoms with Gasteiger partial charge in [-0.2, -0.15) is 5.10 Å². The van der Waals surface area contributed by atoms with E-state index in [9.17, 15) is 0 Å². The number of hydrogen-bond donors (Lipinski definition) is 2. The van der Waals surface area contributed by atoms with Gasteiger partial charge < -0.3 is 14.8 Å². The van der Waals surface area contributed by atoms with Crippen molar-refractivity contribution in [3.63, 3.8) is 0 Å². The second kappa shape index (κ2) is 7.83. The Morgan fingerprint density at radius 2 is 1.92 bits per heavy atom. The minimum atomic E-state index is 0.448. The van der Waals surface area contributed by atoms with Gasteiger partial charge in [-0.1, -0.05) is 19.8 Å². The van der Waals surface area contributed by atoms with E-state index in [1.165, 1.54) is 25.7 Å². The number of benzene rings is 1. The van der Waals surface area contributed by atoms with Crippen molar-refractivity contribution in [2.45, 2.75) is 45.6 Å². The van der Waals surface area contributed by atoms with Gasteiger partial charge in [0, 0.05) is 11.6 Å². The van der Waals surface area contributed by atoms with E-state index < -0.39 is 0 Å². The Kier molecular flexibility index (Phi) is 5.56. The van der Waals surface area contributed by atoms with Gasteiger partial charge in [0.05, 0.1) is 5.71 Å². The molecule has 0 saturated heterocycles. The highest BCUT2D eigenvalue weighted by Crippen LogP contribution is 2.30. The van der Waals surface area contributed by atoms with E-state index in [2.05, 4.69) is 22.8 Å².